The van der Waals surface area contributed by atoms with Crippen LogP contribution in [0.25, 0.3) is 11.1 Å². The minimum absolute atomic E-state index is 0.231. The van der Waals surface area contributed by atoms with Gasteiger partial charge >= 0.3 is 5.97 Å². The van der Waals surface area contributed by atoms with E-state index < -0.39 is 5.97 Å². The van der Waals surface area contributed by atoms with Gasteiger partial charge in [0.1, 0.15) is 10.6 Å². The average molecular weight is 456 g/mol. The molecule has 0 atom stereocenters. The fourth-order valence-corrected chi connectivity index (χ4v) is 4.69. The number of carbonyl (C=O) groups excluding carboxylic acids is 2. The number of ether oxygens (including phenoxy) is 1. The van der Waals surface area contributed by atoms with Crippen molar-refractivity contribution in [3.8, 4) is 11.1 Å². The zero-order chi connectivity index (χ0) is 23.0. The minimum Gasteiger partial charge on any atom is -0.462 e. The minimum atomic E-state index is -0.440. The molecule has 3 aromatic carbocycles. The summed E-state index contributed by atoms with van der Waals surface area (Å²) in [6, 6.07) is 27.5. The van der Waals surface area contributed by atoms with Gasteiger partial charge in [0.05, 0.1) is 6.61 Å². The van der Waals surface area contributed by atoms with Crippen LogP contribution in [0.1, 0.15) is 38.8 Å². The maximum Gasteiger partial charge on any atom is 0.341 e. The predicted molar refractivity (Wildman–Crippen MR) is 134 cm³/mol. The van der Waals surface area contributed by atoms with Crippen molar-refractivity contribution in [3.05, 3.63) is 113 Å². The van der Waals surface area contributed by atoms with E-state index in [-0.39, 0.29) is 12.5 Å². The van der Waals surface area contributed by atoms with Gasteiger partial charge in [-0.25, -0.2) is 4.79 Å². The Balaban J connectivity index is 1.60. The van der Waals surface area contributed by atoms with Crippen LogP contribution >= 0.6 is 11.3 Å². The smallest absolute Gasteiger partial charge is 0.341 e. The third-order valence-electron chi connectivity index (χ3n) is 5.37. The molecule has 0 saturated heterocycles. The van der Waals surface area contributed by atoms with Gasteiger partial charge in [-0.3, -0.25) is 4.79 Å². The molecule has 0 saturated carbocycles. The van der Waals surface area contributed by atoms with Crippen LogP contribution < -0.4 is 5.32 Å². The lowest BCUT2D eigenvalue weighted by atomic mass is 9.99. The number of hydrogen-bond acceptors (Lipinski definition) is 4. The lowest BCUT2D eigenvalue weighted by Crippen LogP contribution is -2.16. The van der Waals surface area contributed by atoms with Gasteiger partial charge in [-0.05, 0) is 42.5 Å². The lowest BCUT2D eigenvalue weighted by Gasteiger charge is -2.11. The highest BCUT2D eigenvalue weighted by atomic mass is 32.1. The topological polar surface area (TPSA) is 55.4 Å². The van der Waals surface area contributed by atoms with Crippen LogP contribution in [-0.2, 0) is 17.6 Å². The highest BCUT2D eigenvalue weighted by Crippen LogP contribution is 2.36. The van der Waals surface area contributed by atoms with Gasteiger partial charge in [-0.2, -0.15) is 0 Å². The molecule has 0 radical (unpaired) electrons. The van der Waals surface area contributed by atoms with E-state index in [1.807, 2.05) is 78.2 Å². The summed E-state index contributed by atoms with van der Waals surface area (Å²) in [5.74, 6) is -0.670. The predicted octanol–water partition coefficient (Wildman–Crippen LogP) is 6.63. The van der Waals surface area contributed by atoms with Crippen molar-refractivity contribution in [2.75, 3.05) is 11.9 Å². The molecule has 1 heterocycles. The molecule has 1 amide bonds. The molecule has 0 spiro atoms. The maximum atomic E-state index is 13.3. The van der Waals surface area contributed by atoms with Gasteiger partial charge < -0.3 is 10.1 Å². The maximum absolute atomic E-state index is 13.3. The van der Waals surface area contributed by atoms with Crippen LogP contribution in [0.2, 0.25) is 0 Å². The largest absolute Gasteiger partial charge is 0.462 e. The van der Waals surface area contributed by atoms with Crippen molar-refractivity contribution in [1.29, 1.82) is 0 Å². The first-order valence-electron chi connectivity index (χ1n) is 10.9. The first-order chi connectivity index (χ1) is 16.2. The molecule has 1 aromatic heterocycles. The Morgan fingerprint density at radius 2 is 1.52 bits per heavy atom. The zero-order valence-corrected chi connectivity index (χ0v) is 19.2. The molecule has 0 aliphatic carbocycles. The molecule has 5 heteroatoms. The van der Waals surface area contributed by atoms with Crippen LogP contribution in [0.5, 0.6) is 0 Å². The van der Waals surface area contributed by atoms with Crippen molar-refractivity contribution in [2.45, 2.75) is 19.8 Å². The molecule has 0 aliphatic heterocycles. The first kappa shape index (κ1) is 22.5. The molecule has 0 aliphatic rings. The summed E-state index contributed by atoms with van der Waals surface area (Å²) >= 11 is 1.33. The standard InChI is InChI=1S/C28H25NO3S/c1-2-32-28(31)25-24(21-13-7-4-8-14-21)19-33-27(25)29-26(30)23-16-10-9-15-22(23)18-17-20-11-5-3-6-12-20/h3-16,19H,2,17-18H2,1H3,(H,29,30). The Labute approximate surface area is 197 Å². The summed E-state index contributed by atoms with van der Waals surface area (Å²) in [7, 11) is 0. The van der Waals surface area contributed by atoms with Crippen LogP contribution in [0, 0.1) is 0 Å². The van der Waals surface area contributed by atoms with Crippen molar-refractivity contribution < 1.29 is 14.3 Å². The van der Waals surface area contributed by atoms with Crippen molar-refractivity contribution in [1.82, 2.24) is 0 Å². The number of benzene rings is 3. The summed E-state index contributed by atoms with van der Waals surface area (Å²) in [5, 5.41) is 5.36. The summed E-state index contributed by atoms with van der Waals surface area (Å²) in [5.41, 5.74) is 4.85. The molecule has 33 heavy (non-hydrogen) atoms. The number of anilines is 1. The fraction of sp³-hybridized carbons (Fsp3) is 0.143. The second kappa shape index (κ2) is 10.7. The van der Waals surface area contributed by atoms with E-state index in [1.165, 1.54) is 16.9 Å². The van der Waals surface area contributed by atoms with E-state index in [4.69, 9.17) is 4.74 Å². The molecule has 4 rings (SSSR count). The molecule has 0 fully saturated rings. The molecule has 166 valence electrons. The van der Waals surface area contributed by atoms with Gasteiger partial charge in [0.25, 0.3) is 5.91 Å². The Bertz CT molecular complexity index is 1230. The molecule has 1 N–H and O–H groups in total. The van der Waals surface area contributed by atoms with Crippen LogP contribution in [-0.4, -0.2) is 18.5 Å². The molecular formula is C28H25NO3S. The highest BCUT2D eigenvalue weighted by molar-refractivity contribution is 7.15. The molecule has 0 unspecified atom stereocenters. The third-order valence-corrected chi connectivity index (χ3v) is 6.27. The van der Waals surface area contributed by atoms with E-state index >= 15 is 0 Å². The number of rotatable bonds is 8. The Hall–Kier alpha value is -3.70. The Morgan fingerprint density at radius 1 is 0.848 bits per heavy atom. The summed E-state index contributed by atoms with van der Waals surface area (Å²) in [4.78, 5) is 26.1. The monoisotopic (exact) mass is 455 g/mol. The number of thiophene rings is 1. The van der Waals surface area contributed by atoms with Crippen LogP contribution in [0.3, 0.4) is 0 Å². The van der Waals surface area contributed by atoms with E-state index in [0.29, 0.717) is 16.1 Å². The SMILES string of the molecule is CCOC(=O)c1c(-c2ccccc2)csc1NC(=O)c1ccccc1CCc1ccccc1. The summed E-state index contributed by atoms with van der Waals surface area (Å²) in [6.07, 6.45) is 1.59. The fourth-order valence-electron chi connectivity index (χ4n) is 3.74. The highest BCUT2D eigenvalue weighted by Gasteiger charge is 2.23. The van der Waals surface area contributed by atoms with Crippen molar-refractivity contribution >= 4 is 28.2 Å². The number of hydrogen-bond donors (Lipinski definition) is 1. The molecule has 4 nitrogen and oxygen atoms in total. The average Bonchev–Trinajstić information content (AvgIpc) is 3.28. The number of esters is 1. The Kier molecular flexibility index (Phi) is 7.33. The molecule has 4 aromatic rings. The van der Waals surface area contributed by atoms with Crippen LogP contribution in [0.4, 0.5) is 5.00 Å². The lowest BCUT2D eigenvalue weighted by molar-refractivity contribution is 0.0529. The van der Waals surface area contributed by atoms with E-state index in [0.717, 1.165) is 29.5 Å². The Morgan fingerprint density at radius 3 is 2.24 bits per heavy atom. The van der Waals surface area contributed by atoms with Crippen molar-refractivity contribution in [3.63, 3.8) is 0 Å². The van der Waals surface area contributed by atoms with Gasteiger partial charge in [-0.1, -0.05) is 78.9 Å². The van der Waals surface area contributed by atoms with Gasteiger partial charge in [0.15, 0.2) is 0 Å². The van der Waals surface area contributed by atoms with Crippen molar-refractivity contribution in [2.24, 2.45) is 0 Å². The number of carbonyl (C=O) groups is 2. The normalized spacial score (nSPS) is 10.6. The van der Waals surface area contributed by atoms with E-state index in [1.54, 1.807) is 6.92 Å². The molecule has 0 bridgehead atoms. The summed E-state index contributed by atoms with van der Waals surface area (Å²) in [6.45, 7) is 2.03. The van der Waals surface area contributed by atoms with E-state index in [9.17, 15) is 9.59 Å². The number of aryl methyl sites for hydroxylation is 2. The van der Waals surface area contributed by atoms with E-state index in [2.05, 4.69) is 17.4 Å². The van der Waals surface area contributed by atoms with Gasteiger partial charge in [-0.15, -0.1) is 11.3 Å². The zero-order valence-electron chi connectivity index (χ0n) is 18.4. The summed E-state index contributed by atoms with van der Waals surface area (Å²) < 4.78 is 5.30. The number of nitrogens with one attached hydrogen (secondary N) is 1. The number of amides is 1. The second-order valence-electron chi connectivity index (χ2n) is 7.54. The van der Waals surface area contributed by atoms with Gasteiger partial charge in [0.2, 0.25) is 0 Å². The third kappa shape index (κ3) is 5.38. The second-order valence-corrected chi connectivity index (χ2v) is 8.42. The van der Waals surface area contributed by atoms with Gasteiger partial charge in [0, 0.05) is 16.5 Å². The quantitative estimate of drug-likeness (QED) is 0.303. The first-order valence-corrected chi connectivity index (χ1v) is 11.8. The molecular weight excluding hydrogens is 430 g/mol. The van der Waals surface area contributed by atoms with Crippen LogP contribution in [0.15, 0.2) is 90.3 Å².